The predicted molar refractivity (Wildman–Crippen MR) is 93.8 cm³/mol. The van der Waals surface area contributed by atoms with E-state index in [1.807, 2.05) is 60.7 Å². The molecule has 118 valence electrons. The van der Waals surface area contributed by atoms with Gasteiger partial charge in [-0.1, -0.05) is 60.7 Å². The van der Waals surface area contributed by atoms with Crippen LogP contribution in [0.25, 0.3) is 0 Å². The molecule has 0 radical (unpaired) electrons. The maximum absolute atomic E-state index is 10.9. The topological polar surface area (TPSA) is 62.5 Å². The van der Waals surface area contributed by atoms with E-state index in [0.29, 0.717) is 11.4 Å². The van der Waals surface area contributed by atoms with Crippen LogP contribution in [0.1, 0.15) is 16.7 Å². The number of carbonyl (C=O) groups is 1. The minimum absolute atomic E-state index is 0.0446. The molecule has 0 aliphatic rings. The van der Waals surface area contributed by atoms with Crippen LogP contribution in [0, 0.1) is 0 Å². The van der Waals surface area contributed by atoms with E-state index in [9.17, 15) is 4.79 Å². The molecule has 4 nitrogen and oxygen atoms in total. The molecule has 1 aromatic heterocycles. The summed E-state index contributed by atoms with van der Waals surface area (Å²) >= 11 is 0. The molecule has 1 N–H and O–H groups in total. The molecule has 0 bridgehead atoms. The standard InChI is InChI=1S/C20H16N2O2/c23-19(24)14-15-11-12-21-18(13-15)22-20(16-7-3-1-4-8-16)17-9-5-2-6-10-17/h1-13H,14H2,(H,23,24). The number of aliphatic carboxylic acids is 1. The largest absolute Gasteiger partial charge is 0.481 e. The van der Waals surface area contributed by atoms with E-state index < -0.39 is 5.97 Å². The molecule has 0 atom stereocenters. The molecular formula is C20H16N2O2. The number of carboxylic acid groups (broad SMARTS) is 1. The van der Waals surface area contributed by atoms with Crippen molar-refractivity contribution in [1.29, 1.82) is 0 Å². The van der Waals surface area contributed by atoms with Crippen LogP contribution in [0.5, 0.6) is 0 Å². The Kier molecular flexibility index (Phi) is 4.77. The van der Waals surface area contributed by atoms with Gasteiger partial charge in [-0.3, -0.25) is 4.79 Å². The number of aliphatic imine (C=N–C) groups is 1. The summed E-state index contributed by atoms with van der Waals surface area (Å²) in [6.45, 7) is 0. The Morgan fingerprint density at radius 1 is 0.917 bits per heavy atom. The molecule has 4 heteroatoms. The zero-order valence-corrected chi connectivity index (χ0v) is 13.0. The van der Waals surface area contributed by atoms with Crippen molar-refractivity contribution in [3.8, 4) is 0 Å². The van der Waals surface area contributed by atoms with Crippen LogP contribution in [-0.2, 0) is 11.2 Å². The predicted octanol–water partition coefficient (Wildman–Crippen LogP) is 3.88. The Morgan fingerprint density at radius 3 is 2.04 bits per heavy atom. The fraction of sp³-hybridized carbons (Fsp3) is 0.0500. The average molecular weight is 316 g/mol. The fourth-order valence-electron chi connectivity index (χ4n) is 2.41. The molecule has 0 aliphatic heterocycles. The van der Waals surface area contributed by atoms with Crippen LogP contribution < -0.4 is 0 Å². The van der Waals surface area contributed by atoms with Gasteiger partial charge in [0, 0.05) is 17.3 Å². The van der Waals surface area contributed by atoms with Gasteiger partial charge in [0.2, 0.25) is 0 Å². The second-order valence-corrected chi connectivity index (χ2v) is 5.29. The number of hydrogen-bond acceptors (Lipinski definition) is 3. The van der Waals surface area contributed by atoms with Crippen LogP contribution >= 0.6 is 0 Å². The Labute approximate surface area is 140 Å². The maximum Gasteiger partial charge on any atom is 0.307 e. The van der Waals surface area contributed by atoms with Gasteiger partial charge in [-0.15, -0.1) is 0 Å². The molecule has 3 rings (SSSR count). The van der Waals surface area contributed by atoms with Crippen LogP contribution in [0.3, 0.4) is 0 Å². The van der Waals surface area contributed by atoms with E-state index in [-0.39, 0.29) is 6.42 Å². The lowest BCUT2D eigenvalue weighted by Gasteiger charge is -2.07. The Bertz CT molecular complexity index is 818. The summed E-state index contributed by atoms with van der Waals surface area (Å²) in [5.74, 6) is -0.376. The Morgan fingerprint density at radius 2 is 1.50 bits per heavy atom. The quantitative estimate of drug-likeness (QED) is 0.727. The SMILES string of the molecule is O=C(O)Cc1ccnc(N=C(c2ccccc2)c2ccccc2)c1. The van der Waals surface area contributed by atoms with Crippen molar-refractivity contribution in [2.75, 3.05) is 0 Å². The normalized spacial score (nSPS) is 10.2. The third-order valence-electron chi connectivity index (χ3n) is 3.49. The zero-order valence-electron chi connectivity index (χ0n) is 13.0. The monoisotopic (exact) mass is 316 g/mol. The number of aromatic nitrogens is 1. The minimum atomic E-state index is -0.873. The number of rotatable bonds is 5. The molecule has 0 spiro atoms. The minimum Gasteiger partial charge on any atom is -0.481 e. The van der Waals surface area contributed by atoms with E-state index in [1.165, 1.54) is 0 Å². The van der Waals surface area contributed by atoms with Crippen LogP contribution in [0.2, 0.25) is 0 Å². The van der Waals surface area contributed by atoms with Gasteiger partial charge in [0.25, 0.3) is 0 Å². The number of nitrogens with zero attached hydrogens (tertiary/aromatic N) is 2. The number of pyridine rings is 1. The van der Waals surface area contributed by atoms with Crippen molar-refractivity contribution in [2.24, 2.45) is 4.99 Å². The maximum atomic E-state index is 10.9. The van der Waals surface area contributed by atoms with Gasteiger partial charge >= 0.3 is 5.97 Å². The van der Waals surface area contributed by atoms with Gasteiger partial charge in [0.1, 0.15) is 0 Å². The van der Waals surface area contributed by atoms with Crippen molar-refractivity contribution in [2.45, 2.75) is 6.42 Å². The molecule has 2 aromatic carbocycles. The van der Waals surface area contributed by atoms with E-state index >= 15 is 0 Å². The molecule has 24 heavy (non-hydrogen) atoms. The van der Waals surface area contributed by atoms with Crippen molar-refractivity contribution >= 4 is 17.5 Å². The first-order chi connectivity index (χ1) is 11.7. The van der Waals surface area contributed by atoms with Gasteiger partial charge in [-0.2, -0.15) is 0 Å². The third kappa shape index (κ3) is 3.93. The van der Waals surface area contributed by atoms with Crippen molar-refractivity contribution in [1.82, 2.24) is 4.98 Å². The third-order valence-corrected chi connectivity index (χ3v) is 3.49. The van der Waals surface area contributed by atoms with Gasteiger partial charge in [0.05, 0.1) is 12.1 Å². The lowest BCUT2D eigenvalue weighted by molar-refractivity contribution is -0.136. The second-order valence-electron chi connectivity index (χ2n) is 5.29. The van der Waals surface area contributed by atoms with Gasteiger partial charge in [-0.25, -0.2) is 9.98 Å². The molecule has 0 amide bonds. The van der Waals surface area contributed by atoms with E-state index in [2.05, 4.69) is 9.98 Å². The van der Waals surface area contributed by atoms with Crippen molar-refractivity contribution < 1.29 is 9.90 Å². The average Bonchev–Trinajstić information content (AvgIpc) is 2.61. The lowest BCUT2D eigenvalue weighted by Crippen LogP contribution is -2.03. The highest BCUT2D eigenvalue weighted by molar-refractivity contribution is 6.13. The van der Waals surface area contributed by atoms with E-state index in [0.717, 1.165) is 16.8 Å². The molecule has 1 heterocycles. The number of hydrogen-bond donors (Lipinski definition) is 1. The fourth-order valence-corrected chi connectivity index (χ4v) is 2.41. The number of carboxylic acids is 1. The van der Waals surface area contributed by atoms with Gasteiger partial charge < -0.3 is 5.11 Å². The molecular weight excluding hydrogens is 300 g/mol. The first-order valence-electron chi connectivity index (χ1n) is 7.58. The zero-order chi connectivity index (χ0) is 16.8. The van der Waals surface area contributed by atoms with E-state index in [4.69, 9.17) is 5.11 Å². The summed E-state index contributed by atoms with van der Waals surface area (Å²) in [7, 11) is 0. The van der Waals surface area contributed by atoms with Crippen molar-refractivity contribution in [3.63, 3.8) is 0 Å². The summed E-state index contributed by atoms with van der Waals surface area (Å²) in [5, 5.41) is 8.94. The summed E-state index contributed by atoms with van der Waals surface area (Å²) in [6.07, 6.45) is 1.54. The Balaban J connectivity index is 2.06. The summed E-state index contributed by atoms with van der Waals surface area (Å²) in [4.78, 5) is 19.8. The van der Waals surface area contributed by atoms with Gasteiger partial charge in [0.15, 0.2) is 5.82 Å². The highest BCUT2D eigenvalue weighted by atomic mass is 16.4. The van der Waals surface area contributed by atoms with Crippen LogP contribution in [0.15, 0.2) is 84.0 Å². The smallest absolute Gasteiger partial charge is 0.307 e. The first-order valence-corrected chi connectivity index (χ1v) is 7.58. The summed E-state index contributed by atoms with van der Waals surface area (Å²) in [5.41, 5.74) is 3.44. The highest BCUT2D eigenvalue weighted by Crippen LogP contribution is 2.17. The molecule has 0 saturated heterocycles. The highest BCUT2D eigenvalue weighted by Gasteiger charge is 2.08. The number of benzene rings is 2. The van der Waals surface area contributed by atoms with E-state index in [1.54, 1.807) is 18.3 Å². The summed E-state index contributed by atoms with van der Waals surface area (Å²) in [6, 6.07) is 23.1. The molecule has 0 unspecified atom stereocenters. The summed E-state index contributed by atoms with van der Waals surface area (Å²) < 4.78 is 0. The van der Waals surface area contributed by atoms with Crippen molar-refractivity contribution in [3.05, 3.63) is 95.7 Å². The Hall–Kier alpha value is -3.27. The lowest BCUT2D eigenvalue weighted by atomic mass is 10.0. The van der Waals surface area contributed by atoms with Crippen LogP contribution in [0.4, 0.5) is 5.82 Å². The molecule has 0 aliphatic carbocycles. The molecule has 0 fully saturated rings. The first kappa shape index (κ1) is 15.6. The molecule has 0 saturated carbocycles. The molecule has 3 aromatic rings. The van der Waals surface area contributed by atoms with Gasteiger partial charge in [-0.05, 0) is 17.7 Å². The second kappa shape index (κ2) is 7.33. The van der Waals surface area contributed by atoms with Crippen LogP contribution in [-0.4, -0.2) is 21.8 Å².